The highest BCUT2D eigenvalue weighted by Crippen LogP contribution is 2.48. The van der Waals surface area contributed by atoms with E-state index in [0.29, 0.717) is 31.6 Å². The monoisotopic (exact) mass is 687 g/mol. The summed E-state index contributed by atoms with van der Waals surface area (Å²) < 4.78 is 0. The van der Waals surface area contributed by atoms with Crippen LogP contribution in [-0.2, 0) is 52.9 Å². The van der Waals surface area contributed by atoms with Crippen molar-refractivity contribution in [2.45, 2.75) is 63.4 Å². The van der Waals surface area contributed by atoms with E-state index in [1.54, 1.807) is 11.1 Å². The van der Waals surface area contributed by atoms with Gasteiger partial charge in [-0.3, -0.25) is 14.5 Å². The Morgan fingerprint density at radius 3 is 2.49 bits per heavy atom. The molecule has 3 heterocycles. The van der Waals surface area contributed by atoms with E-state index in [4.69, 9.17) is 0 Å². The van der Waals surface area contributed by atoms with E-state index >= 15 is 0 Å². The molecule has 10 heteroatoms. The normalized spacial score (nSPS) is 19.7. The van der Waals surface area contributed by atoms with Crippen molar-refractivity contribution in [3.8, 4) is 0 Å². The van der Waals surface area contributed by atoms with E-state index in [9.17, 15) is 14.7 Å². The summed E-state index contributed by atoms with van der Waals surface area (Å²) in [5.74, 6) is 0.348. The molecule has 2 amide bonds. The summed E-state index contributed by atoms with van der Waals surface area (Å²) in [6.07, 6.45) is 2.30. The minimum atomic E-state index is -0.866. The number of hydrogen-bond acceptors (Lipinski definition) is 8. The van der Waals surface area contributed by atoms with Gasteiger partial charge in [0, 0.05) is 63.3 Å². The lowest BCUT2D eigenvalue weighted by Gasteiger charge is -2.33. The van der Waals surface area contributed by atoms with Gasteiger partial charge in [0.25, 0.3) is 0 Å². The quantitative estimate of drug-likeness (QED) is 0.161. The van der Waals surface area contributed by atoms with Gasteiger partial charge in [0.15, 0.2) is 0 Å². The first kappa shape index (κ1) is 34.8. The Labute approximate surface area is 300 Å². The highest BCUT2D eigenvalue weighted by molar-refractivity contribution is 5.96. The van der Waals surface area contributed by atoms with Crippen molar-refractivity contribution < 1.29 is 14.7 Å². The zero-order chi connectivity index (χ0) is 35.6. The molecule has 0 saturated carbocycles. The molecule has 0 radical (unpaired) electrons. The number of nitrogens with zero attached hydrogens (tertiary/aromatic N) is 3. The van der Waals surface area contributed by atoms with Crippen LogP contribution >= 0.6 is 0 Å². The Hall–Kier alpha value is -4.61. The maximum atomic E-state index is 14.5. The van der Waals surface area contributed by atoms with E-state index in [2.05, 4.69) is 61.5 Å². The molecule has 2 aliphatic heterocycles. The number of amides is 2. The lowest BCUT2D eigenvalue weighted by Crippen LogP contribution is -2.46. The van der Waals surface area contributed by atoms with Gasteiger partial charge < -0.3 is 31.3 Å². The maximum absolute atomic E-state index is 14.5. The number of nitrogens with one attached hydrogen (secondary N) is 4. The molecule has 266 valence electrons. The number of aliphatic hydroxyl groups is 1. The van der Waals surface area contributed by atoms with Crippen LogP contribution in [0.5, 0.6) is 0 Å². The van der Waals surface area contributed by atoms with E-state index in [-0.39, 0.29) is 18.4 Å². The molecule has 1 spiro atoms. The van der Waals surface area contributed by atoms with Gasteiger partial charge in [0.1, 0.15) is 18.6 Å². The maximum Gasteiger partial charge on any atom is 0.244 e. The van der Waals surface area contributed by atoms with Crippen molar-refractivity contribution in [3.63, 3.8) is 0 Å². The molecule has 1 aliphatic carbocycles. The predicted molar refractivity (Wildman–Crippen MR) is 200 cm³/mol. The summed E-state index contributed by atoms with van der Waals surface area (Å²) in [5.41, 5.74) is 6.78. The van der Waals surface area contributed by atoms with Crippen molar-refractivity contribution in [1.29, 1.82) is 0 Å². The number of benzene rings is 3. The van der Waals surface area contributed by atoms with Gasteiger partial charge in [-0.15, -0.1) is 0 Å². The topological polar surface area (TPSA) is 122 Å². The summed E-state index contributed by atoms with van der Waals surface area (Å²) in [4.78, 5) is 36.9. The molecule has 5 N–H and O–H groups in total. The third-order valence-corrected chi connectivity index (χ3v) is 10.9. The molecule has 51 heavy (non-hydrogen) atoms. The SMILES string of the molecule is CNCc1ccccc1CN(CC(=O)Nc1ccc2c(c1)CC1(C2)c2cccnc2NC1O)C(=O)C(C)(C)c1ccc(CN2CCNCC2)cc1. The third kappa shape index (κ3) is 7.14. The van der Waals surface area contributed by atoms with Gasteiger partial charge in [0.2, 0.25) is 11.8 Å². The fourth-order valence-electron chi connectivity index (χ4n) is 8.03. The molecule has 7 rings (SSSR count). The average Bonchev–Trinajstić information content (AvgIpc) is 3.65. The zero-order valence-electron chi connectivity index (χ0n) is 29.8. The summed E-state index contributed by atoms with van der Waals surface area (Å²) in [6.45, 7) is 9.70. The molecular weight excluding hydrogens is 638 g/mol. The molecule has 1 fully saturated rings. The fraction of sp³-hybridized carbons (Fsp3) is 0.390. The van der Waals surface area contributed by atoms with E-state index in [0.717, 1.165) is 71.9 Å². The summed E-state index contributed by atoms with van der Waals surface area (Å²) in [7, 11) is 1.90. The lowest BCUT2D eigenvalue weighted by atomic mass is 9.79. The molecule has 2 atom stereocenters. The van der Waals surface area contributed by atoms with Crippen LogP contribution in [-0.4, -0.2) is 77.7 Å². The standard InChI is InChI=1S/C41H49N7O3/c1-40(2,33-13-10-28(11-14-33)25-47-19-17-43-18-20-47)39(51)48(26-31-8-5-4-7-30(31)24-42-3)27-36(49)45-34-15-12-29-22-41(23-32(29)21-34)35-9-6-16-44-37(35)46-38(41)50/h4-16,21,38,42-43,50H,17-20,22-27H2,1-3H3,(H,44,46)(H,45,49). The Bertz CT molecular complexity index is 1890. The number of hydrogen-bond donors (Lipinski definition) is 5. The van der Waals surface area contributed by atoms with Gasteiger partial charge in [-0.05, 0) is 85.3 Å². The third-order valence-electron chi connectivity index (χ3n) is 10.9. The number of anilines is 2. The Morgan fingerprint density at radius 1 is 0.980 bits per heavy atom. The van der Waals surface area contributed by atoms with Gasteiger partial charge >= 0.3 is 0 Å². The second-order valence-electron chi connectivity index (χ2n) is 14.8. The number of rotatable bonds is 11. The molecule has 0 bridgehead atoms. The number of aromatic nitrogens is 1. The highest BCUT2D eigenvalue weighted by atomic mass is 16.3. The molecule has 1 saturated heterocycles. The van der Waals surface area contributed by atoms with Gasteiger partial charge in [-0.25, -0.2) is 4.98 Å². The van der Waals surface area contributed by atoms with Crippen molar-refractivity contribution in [2.24, 2.45) is 0 Å². The van der Waals surface area contributed by atoms with Crippen LogP contribution in [0.1, 0.15) is 52.8 Å². The first-order valence-corrected chi connectivity index (χ1v) is 18.0. The minimum absolute atomic E-state index is 0.0973. The van der Waals surface area contributed by atoms with Crippen LogP contribution < -0.4 is 21.3 Å². The van der Waals surface area contributed by atoms with Crippen LogP contribution in [0, 0.1) is 0 Å². The summed E-state index contributed by atoms with van der Waals surface area (Å²) >= 11 is 0. The van der Waals surface area contributed by atoms with Crippen LogP contribution in [0.4, 0.5) is 11.5 Å². The first-order valence-electron chi connectivity index (χ1n) is 18.0. The molecular formula is C41H49N7O3. The second-order valence-corrected chi connectivity index (χ2v) is 14.8. The number of fused-ring (bicyclic) bond motifs is 3. The summed E-state index contributed by atoms with van der Waals surface area (Å²) in [5, 5.41) is 23.9. The molecule has 1 aromatic heterocycles. The molecule has 3 aromatic carbocycles. The Morgan fingerprint density at radius 2 is 1.73 bits per heavy atom. The first-order chi connectivity index (χ1) is 24.7. The van der Waals surface area contributed by atoms with Crippen LogP contribution in [0.15, 0.2) is 85.1 Å². The number of carbonyl (C=O) groups excluding carboxylic acids is 2. The van der Waals surface area contributed by atoms with Crippen molar-refractivity contribution >= 4 is 23.3 Å². The van der Waals surface area contributed by atoms with Crippen molar-refractivity contribution in [3.05, 3.63) is 124 Å². The number of piperazine rings is 1. The Balaban J connectivity index is 1.09. The van der Waals surface area contributed by atoms with E-state index < -0.39 is 17.1 Å². The van der Waals surface area contributed by atoms with Crippen molar-refractivity contribution in [2.75, 3.05) is 50.4 Å². The largest absolute Gasteiger partial charge is 0.373 e. The molecule has 10 nitrogen and oxygen atoms in total. The highest BCUT2D eigenvalue weighted by Gasteiger charge is 2.50. The molecule has 2 unspecified atom stereocenters. The summed E-state index contributed by atoms with van der Waals surface area (Å²) in [6, 6.07) is 26.3. The van der Waals surface area contributed by atoms with E-state index in [1.807, 2.05) is 69.4 Å². The minimum Gasteiger partial charge on any atom is -0.373 e. The van der Waals surface area contributed by atoms with Crippen LogP contribution in [0.3, 0.4) is 0 Å². The van der Waals surface area contributed by atoms with Crippen LogP contribution in [0.2, 0.25) is 0 Å². The fourth-order valence-corrected chi connectivity index (χ4v) is 8.03. The lowest BCUT2D eigenvalue weighted by molar-refractivity contribution is -0.139. The number of carbonyl (C=O) groups is 2. The Kier molecular flexibility index (Phi) is 9.94. The molecule has 4 aromatic rings. The van der Waals surface area contributed by atoms with Gasteiger partial charge in [0.05, 0.1) is 10.8 Å². The zero-order valence-corrected chi connectivity index (χ0v) is 29.8. The van der Waals surface area contributed by atoms with Gasteiger partial charge in [-0.2, -0.15) is 0 Å². The van der Waals surface area contributed by atoms with Crippen molar-refractivity contribution in [1.82, 2.24) is 25.4 Å². The van der Waals surface area contributed by atoms with Crippen LogP contribution in [0.25, 0.3) is 0 Å². The number of pyridine rings is 1. The van der Waals surface area contributed by atoms with Gasteiger partial charge in [-0.1, -0.05) is 60.7 Å². The molecule has 3 aliphatic rings. The number of aliphatic hydroxyl groups excluding tert-OH is 1. The van der Waals surface area contributed by atoms with E-state index in [1.165, 1.54) is 5.56 Å². The second kappa shape index (κ2) is 14.6. The average molecular weight is 688 g/mol. The predicted octanol–water partition coefficient (Wildman–Crippen LogP) is 3.93. The smallest absolute Gasteiger partial charge is 0.244 e.